The molecule has 0 aliphatic rings. The Labute approximate surface area is 167 Å². The summed E-state index contributed by atoms with van der Waals surface area (Å²) in [4.78, 5) is 24.9. The summed E-state index contributed by atoms with van der Waals surface area (Å²) in [5, 5.41) is 0. The van der Waals surface area contributed by atoms with Crippen molar-refractivity contribution >= 4 is 11.9 Å². The number of benzene rings is 2. The largest absolute Gasteiger partial charge is 0.462 e. The minimum Gasteiger partial charge on any atom is -0.462 e. The first-order chi connectivity index (χ1) is 13.7. The molecule has 0 bridgehead atoms. The lowest BCUT2D eigenvalue weighted by atomic mass is 9.93. The predicted octanol–water partition coefficient (Wildman–Crippen LogP) is 5.68. The Balaban J connectivity index is 2.05. The van der Waals surface area contributed by atoms with Crippen molar-refractivity contribution in [2.75, 3.05) is 6.61 Å². The summed E-state index contributed by atoms with van der Waals surface area (Å²) >= 11 is 0. The molecule has 4 heteroatoms. The van der Waals surface area contributed by atoms with Gasteiger partial charge in [0, 0.05) is 5.92 Å². The zero-order valence-electron chi connectivity index (χ0n) is 16.8. The Morgan fingerprint density at radius 3 is 1.89 bits per heavy atom. The van der Waals surface area contributed by atoms with E-state index in [2.05, 4.69) is 13.8 Å². The number of hydrogen-bond acceptors (Lipinski definition) is 4. The summed E-state index contributed by atoms with van der Waals surface area (Å²) in [5.41, 5.74) is 1.07. The maximum atomic E-state index is 12.5. The van der Waals surface area contributed by atoms with Crippen molar-refractivity contribution in [1.29, 1.82) is 0 Å². The van der Waals surface area contributed by atoms with Gasteiger partial charge in [0.15, 0.2) is 0 Å². The van der Waals surface area contributed by atoms with Crippen molar-refractivity contribution in [2.24, 2.45) is 5.92 Å². The predicted molar refractivity (Wildman–Crippen MR) is 110 cm³/mol. The number of rotatable bonds is 11. The van der Waals surface area contributed by atoms with Crippen molar-refractivity contribution in [2.45, 2.75) is 52.1 Å². The first-order valence-electron chi connectivity index (χ1n) is 10.1. The van der Waals surface area contributed by atoms with Crippen LogP contribution in [0.2, 0.25) is 0 Å². The minimum atomic E-state index is -0.341. The monoisotopic (exact) mass is 382 g/mol. The van der Waals surface area contributed by atoms with Crippen LogP contribution in [0.1, 0.15) is 66.7 Å². The van der Waals surface area contributed by atoms with Crippen LogP contribution in [0.15, 0.2) is 60.7 Å². The second kappa shape index (κ2) is 12.0. The molecule has 4 nitrogen and oxygen atoms in total. The fourth-order valence-corrected chi connectivity index (χ4v) is 3.14. The normalized spacial score (nSPS) is 12.8. The first kappa shape index (κ1) is 21.7. The van der Waals surface area contributed by atoms with Crippen molar-refractivity contribution in [3.05, 3.63) is 71.8 Å². The summed E-state index contributed by atoms with van der Waals surface area (Å²) in [6.45, 7) is 4.44. The number of unbranched alkanes of at least 4 members (excludes halogenated alkanes) is 1. The van der Waals surface area contributed by atoms with E-state index in [0.717, 1.165) is 32.1 Å². The topological polar surface area (TPSA) is 52.6 Å². The lowest BCUT2D eigenvalue weighted by Crippen LogP contribution is -2.31. The van der Waals surface area contributed by atoms with Gasteiger partial charge in [-0.3, -0.25) is 0 Å². The van der Waals surface area contributed by atoms with Crippen molar-refractivity contribution in [1.82, 2.24) is 0 Å². The molecule has 0 radical (unpaired) electrons. The van der Waals surface area contributed by atoms with Gasteiger partial charge in [-0.1, -0.05) is 69.5 Å². The van der Waals surface area contributed by atoms with Crippen LogP contribution in [0.3, 0.4) is 0 Å². The molecular weight excluding hydrogens is 352 g/mol. The third kappa shape index (κ3) is 6.84. The molecule has 0 aliphatic carbocycles. The van der Waals surface area contributed by atoms with Crippen LogP contribution >= 0.6 is 0 Å². The van der Waals surface area contributed by atoms with Crippen LogP contribution in [0, 0.1) is 5.92 Å². The summed E-state index contributed by atoms with van der Waals surface area (Å²) in [6.07, 6.45) is 4.25. The highest BCUT2D eigenvalue weighted by Gasteiger charge is 2.26. The van der Waals surface area contributed by atoms with Gasteiger partial charge < -0.3 is 9.47 Å². The molecule has 0 aromatic heterocycles. The number of esters is 2. The zero-order valence-corrected chi connectivity index (χ0v) is 16.8. The van der Waals surface area contributed by atoms with Crippen LogP contribution in [0.4, 0.5) is 0 Å². The SMILES string of the molecule is CCCCC(COC(=O)c1ccccc1)C(CCC)OC(=O)c1ccccc1. The Morgan fingerprint density at radius 1 is 0.786 bits per heavy atom. The van der Waals surface area contributed by atoms with Gasteiger partial charge >= 0.3 is 11.9 Å². The van der Waals surface area contributed by atoms with E-state index in [1.807, 2.05) is 36.4 Å². The minimum absolute atomic E-state index is 0.0137. The third-order valence-corrected chi connectivity index (χ3v) is 4.73. The van der Waals surface area contributed by atoms with Gasteiger partial charge in [-0.05, 0) is 37.1 Å². The molecule has 0 aliphatic heterocycles. The van der Waals surface area contributed by atoms with Gasteiger partial charge in [-0.2, -0.15) is 0 Å². The molecule has 0 amide bonds. The van der Waals surface area contributed by atoms with Gasteiger partial charge in [0.05, 0.1) is 17.7 Å². The molecule has 0 spiro atoms. The molecule has 28 heavy (non-hydrogen) atoms. The van der Waals surface area contributed by atoms with E-state index in [-0.39, 0.29) is 30.6 Å². The molecule has 0 saturated carbocycles. The van der Waals surface area contributed by atoms with Crippen molar-refractivity contribution in [3.63, 3.8) is 0 Å². The third-order valence-electron chi connectivity index (χ3n) is 4.73. The number of carbonyl (C=O) groups is 2. The molecule has 2 rings (SSSR count). The highest BCUT2D eigenvalue weighted by atomic mass is 16.6. The van der Waals surface area contributed by atoms with Gasteiger partial charge in [-0.25, -0.2) is 9.59 Å². The fraction of sp³-hybridized carbons (Fsp3) is 0.417. The van der Waals surface area contributed by atoms with E-state index in [1.54, 1.807) is 24.3 Å². The smallest absolute Gasteiger partial charge is 0.338 e. The van der Waals surface area contributed by atoms with Crippen LogP contribution < -0.4 is 0 Å². The van der Waals surface area contributed by atoms with Gasteiger partial charge in [0.2, 0.25) is 0 Å². The second-order valence-electron chi connectivity index (χ2n) is 6.97. The number of hydrogen-bond donors (Lipinski definition) is 0. The second-order valence-corrected chi connectivity index (χ2v) is 6.97. The average molecular weight is 383 g/mol. The molecule has 0 saturated heterocycles. The standard InChI is InChI=1S/C24H30O4/c1-3-5-13-21(18-27-23(25)19-14-8-6-9-15-19)22(12-4-2)28-24(26)20-16-10-7-11-17-20/h6-11,14-17,21-22H,3-5,12-13,18H2,1-2H3. The maximum absolute atomic E-state index is 12.5. The van der Waals surface area contributed by atoms with Crippen molar-refractivity contribution in [3.8, 4) is 0 Å². The van der Waals surface area contributed by atoms with Crippen LogP contribution in [0.5, 0.6) is 0 Å². The summed E-state index contributed by atoms with van der Waals surface area (Å²) in [7, 11) is 0. The Morgan fingerprint density at radius 2 is 1.36 bits per heavy atom. The molecular formula is C24H30O4. The van der Waals surface area contributed by atoms with E-state index in [9.17, 15) is 9.59 Å². The lowest BCUT2D eigenvalue weighted by Gasteiger charge is -2.27. The van der Waals surface area contributed by atoms with Gasteiger partial charge in [0.25, 0.3) is 0 Å². The quantitative estimate of drug-likeness (QED) is 0.470. The maximum Gasteiger partial charge on any atom is 0.338 e. The van der Waals surface area contributed by atoms with E-state index < -0.39 is 0 Å². The van der Waals surface area contributed by atoms with E-state index in [4.69, 9.17) is 9.47 Å². The average Bonchev–Trinajstić information content (AvgIpc) is 2.74. The molecule has 2 aromatic rings. The highest BCUT2D eigenvalue weighted by Crippen LogP contribution is 2.22. The lowest BCUT2D eigenvalue weighted by molar-refractivity contribution is -0.00933. The summed E-state index contributed by atoms with van der Waals surface area (Å²) in [5.74, 6) is -0.679. The fourth-order valence-electron chi connectivity index (χ4n) is 3.14. The summed E-state index contributed by atoms with van der Waals surface area (Å²) in [6, 6.07) is 18.0. The molecule has 0 heterocycles. The molecule has 2 aromatic carbocycles. The Bertz CT molecular complexity index is 712. The molecule has 2 atom stereocenters. The number of carbonyl (C=O) groups excluding carboxylic acids is 2. The zero-order chi connectivity index (χ0) is 20.2. The Kier molecular flexibility index (Phi) is 9.26. The highest BCUT2D eigenvalue weighted by molar-refractivity contribution is 5.89. The van der Waals surface area contributed by atoms with Gasteiger partial charge in [-0.15, -0.1) is 0 Å². The van der Waals surface area contributed by atoms with Crippen LogP contribution in [0.25, 0.3) is 0 Å². The van der Waals surface area contributed by atoms with Crippen molar-refractivity contribution < 1.29 is 19.1 Å². The molecule has 2 unspecified atom stereocenters. The molecule has 0 N–H and O–H groups in total. The first-order valence-corrected chi connectivity index (χ1v) is 10.1. The van der Waals surface area contributed by atoms with Crippen LogP contribution in [-0.2, 0) is 9.47 Å². The molecule has 150 valence electrons. The summed E-state index contributed by atoms with van der Waals surface area (Å²) < 4.78 is 11.4. The number of ether oxygens (including phenoxy) is 2. The van der Waals surface area contributed by atoms with E-state index in [0.29, 0.717) is 11.1 Å². The van der Waals surface area contributed by atoms with Gasteiger partial charge in [0.1, 0.15) is 6.10 Å². The Hall–Kier alpha value is -2.62. The molecule has 0 fully saturated rings. The van der Waals surface area contributed by atoms with Crippen LogP contribution in [-0.4, -0.2) is 24.6 Å². The van der Waals surface area contributed by atoms with E-state index >= 15 is 0 Å². The van der Waals surface area contributed by atoms with E-state index in [1.165, 1.54) is 0 Å².